The monoisotopic (exact) mass is 288 g/mol. The molecule has 1 saturated heterocycles. The van der Waals surface area contributed by atoms with Crippen molar-refractivity contribution in [1.82, 2.24) is 10.2 Å². The van der Waals surface area contributed by atoms with Gasteiger partial charge in [0, 0.05) is 25.1 Å². The Morgan fingerprint density at radius 2 is 2.10 bits per heavy atom. The van der Waals surface area contributed by atoms with E-state index in [1.807, 2.05) is 36.2 Å². The molecule has 4 heteroatoms. The second kappa shape index (κ2) is 5.68. The Kier molecular flexibility index (Phi) is 3.89. The molecule has 1 heterocycles. The summed E-state index contributed by atoms with van der Waals surface area (Å²) in [7, 11) is 3.58. The highest BCUT2D eigenvalue weighted by Gasteiger charge is 2.58. The molecule has 1 aliphatic heterocycles. The maximum atomic E-state index is 12.6. The second-order valence-corrected chi connectivity index (χ2v) is 6.38. The highest BCUT2D eigenvalue weighted by molar-refractivity contribution is 5.82. The molecule has 1 aliphatic carbocycles. The number of nitrogens with one attached hydrogen (secondary N) is 1. The van der Waals surface area contributed by atoms with Crippen molar-refractivity contribution in [3.8, 4) is 5.75 Å². The number of amides is 1. The number of methoxy groups -OCH3 is 1. The molecule has 0 aromatic heterocycles. The summed E-state index contributed by atoms with van der Waals surface area (Å²) in [5.74, 6) is 1.38. The molecule has 1 amide bonds. The predicted molar refractivity (Wildman–Crippen MR) is 82.1 cm³/mol. The van der Waals surface area contributed by atoms with Crippen molar-refractivity contribution in [3.05, 3.63) is 29.8 Å². The lowest BCUT2D eigenvalue weighted by Gasteiger charge is -2.25. The van der Waals surface area contributed by atoms with Gasteiger partial charge < -0.3 is 15.0 Å². The molecule has 0 radical (unpaired) electrons. The van der Waals surface area contributed by atoms with Crippen LogP contribution in [0.2, 0.25) is 0 Å². The van der Waals surface area contributed by atoms with Crippen molar-refractivity contribution in [2.75, 3.05) is 27.2 Å². The van der Waals surface area contributed by atoms with Crippen molar-refractivity contribution in [3.63, 3.8) is 0 Å². The Morgan fingerprint density at radius 3 is 2.81 bits per heavy atom. The number of piperidine rings is 1. The van der Waals surface area contributed by atoms with Gasteiger partial charge in [-0.3, -0.25) is 4.79 Å². The summed E-state index contributed by atoms with van der Waals surface area (Å²) in [6, 6.07) is 7.91. The molecule has 1 N–H and O–H groups in total. The molecular formula is C17H24N2O2. The largest absolute Gasteiger partial charge is 0.496 e. The van der Waals surface area contributed by atoms with Crippen LogP contribution in [-0.2, 0) is 11.3 Å². The molecule has 1 spiro atoms. The number of carbonyl (C=O) groups is 1. The van der Waals surface area contributed by atoms with Crippen LogP contribution in [0, 0.1) is 11.3 Å². The molecule has 114 valence electrons. The number of ether oxygens (including phenoxy) is 1. The van der Waals surface area contributed by atoms with Gasteiger partial charge in [0.1, 0.15) is 5.75 Å². The van der Waals surface area contributed by atoms with E-state index in [0.717, 1.165) is 43.7 Å². The Labute approximate surface area is 126 Å². The van der Waals surface area contributed by atoms with Crippen molar-refractivity contribution in [1.29, 1.82) is 0 Å². The normalized spacial score (nSPS) is 22.9. The highest BCUT2D eigenvalue weighted by atomic mass is 16.5. The Hall–Kier alpha value is -1.55. The summed E-state index contributed by atoms with van der Waals surface area (Å²) in [6.45, 7) is 2.73. The second-order valence-electron chi connectivity index (χ2n) is 6.38. The van der Waals surface area contributed by atoms with Crippen LogP contribution in [0.3, 0.4) is 0 Å². The Morgan fingerprint density at radius 1 is 1.38 bits per heavy atom. The van der Waals surface area contributed by atoms with Gasteiger partial charge in [0.25, 0.3) is 0 Å². The Bertz CT molecular complexity index is 523. The fraction of sp³-hybridized carbons (Fsp3) is 0.588. The fourth-order valence-corrected chi connectivity index (χ4v) is 3.61. The van der Waals surface area contributed by atoms with Gasteiger partial charge in [-0.2, -0.15) is 0 Å². The SMILES string of the molecule is COc1ccccc1CN(C)C(=O)C1CC12CCNCC2. The number of benzene rings is 1. The predicted octanol–water partition coefficient (Wildman–Crippen LogP) is 2.04. The molecule has 3 rings (SSSR count). The molecule has 1 saturated carbocycles. The minimum atomic E-state index is 0.235. The van der Waals surface area contributed by atoms with E-state index in [-0.39, 0.29) is 5.92 Å². The number of carbonyl (C=O) groups excluding carboxylic acids is 1. The minimum absolute atomic E-state index is 0.235. The van der Waals surface area contributed by atoms with E-state index in [9.17, 15) is 4.79 Å². The fourth-order valence-electron chi connectivity index (χ4n) is 3.61. The van der Waals surface area contributed by atoms with Gasteiger partial charge in [-0.15, -0.1) is 0 Å². The molecular weight excluding hydrogens is 264 g/mol. The van der Waals surface area contributed by atoms with Crippen LogP contribution in [0.5, 0.6) is 5.75 Å². The van der Waals surface area contributed by atoms with Gasteiger partial charge in [0.05, 0.1) is 7.11 Å². The topological polar surface area (TPSA) is 41.6 Å². The van der Waals surface area contributed by atoms with Crippen LogP contribution in [0.15, 0.2) is 24.3 Å². The van der Waals surface area contributed by atoms with Crippen LogP contribution >= 0.6 is 0 Å². The zero-order valence-corrected chi connectivity index (χ0v) is 12.9. The van der Waals surface area contributed by atoms with E-state index < -0.39 is 0 Å². The summed E-state index contributed by atoms with van der Waals surface area (Å²) in [5, 5.41) is 3.38. The molecule has 1 atom stereocenters. The summed E-state index contributed by atoms with van der Waals surface area (Å²) < 4.78 is 5.37. The molecule has 1 aromatic rings. The van der Waals surface area contributed by atoms with Gasteiger partial charge in [0.15, 0.2) is 0 Å². The third-order valence-corrected chi connectivity index (χ3v) is 5.06. The number of para-hydroxylation sites is 1. The molecule has 1 aromatic carbocycles. The third kappa shape index (κ3) is 2.77. The summed E-state index contributed by atoms with van der Waals surface area (Å²) in [6.07, 6.45) is 3.36. The maximum Gasteiger partial charge on any atom is 0.226 e. The zero-order chi connectivity index (χ0) is 14.9. The van der Waals surface area contributed by atoms with Gasteiger partial charge >= 0.3 is 0 Å². The Balaban J connectivity index is 1.63. The summed E-state index contributed by atoms with van der Waals surface area (Å²) in [5.41, 5.74) is 1.37. The third-order valence-electron chi connectivity index (χ3n) is 5.06. The van der Waals surface area contributed by atoms with Crippen LogP contribution in [0.1, 0.15) is 24.8 Å². The van der Waals surface area contributed by atoms with E-state index in [1.165, 1.54) is 0 Å². The first-order valence-electron chi connectivity index (χ1n) is 7.74. The molecule has 0 bridgehead atoms. The molecule has 4 nitrogen and oxygen atoms in total. The van der Waals surface area contributed by atoms with Crippen LogP contribution in [-0.4, -0.2) is 38.1 Å². The van der Waals surface area contributed by atoms with Gasteiger partial charge in [-0.25, -0.2) is 0 Å². The van der Waals surface area contributed by atoms with Gasteiger partial charge in [-0.1, -0.05) is 18.2 Å². The number of nitrogens with zero attached hydrogens (tertiary/aromatic N) is 1. The number of hydrogen-bond acceptors (Lipinski definition) is 3. The lowest BCUT2D eigenvalue weighted by molar-refractivity contribution is -0.132. The zero-order valence-electron chi connectivity index (χ0n) is 12.9. The first-order valence-corrected chi connectivity index (χ1v) is 7.74. The van der Waals surface area contributed by atoms with Gasteiger partial charge in [0.2, 0.25) is 5.91 Å². The number of hydrogen-bond donors (Lipinski definition) is 1. The number of rotatable bonds is 4. The van der Waals surface area contributed by atoms with Crippen LogP contribution < -0.4 is 10.1 Å². The molecule has 2 fully saturated rings. The summed E-state index contributed by atoms with van der Waals surface area (Å²) >= 11 is 0. The first kappa shape index (κ1) is 14.4. The molecule has 21 heavy (non-hydrogen) atoms. The van der Waals surface area contributed by atoms with Gasteiger partial charge in [-0.05, 0) is 43.8 Å². The standard InChI is InChI=1S/C17H24N2O2/c1-19(12-13-5-3-4-6-15(13)21-2)16(20)14-11-17(14)7-9-18-10-8-17/h3-6,14,18H,7-12H2,1-2H3. The van der Waals surface area contributed by atoms with Crippen LogP contribution in [0.25, 0.3) is 0 Å². The molecule has 1 unspecified atom stereocenters. The van der Waals surface area contributed by atoms with Crippen LogP contribution in [0.4, 0.5) is 0 Å². The van der Waals surface area contributed by atoms with E-state index >= 15 is 0 Å². The highest BCUT2D eigenvalue weighted by Crippen LogP contribution is 2.59. The smallest absolute Gasteiger partial charge is 0.226 e. The van der Waals surface area contributed by atoms with Crippen molar-refractivity contribution >= 4 is 5.91 Å². The average Bonchev–Trinajstić information content (AvgIpc) is 3.20. The summed E-state index contributed by atoms with van der Waals surface area (Å²) in [4.78, 5) is 14.5. The lowest BCUT2D eigenvalue weighted by Crippen LogP contribution is -2.34. The minimum Gasteiger partial charge on any atom is -0.496 e. The lowest BCUT2D eigenvalue weighted by atomic mass is 9.91. The van der Waals surface area contributed by atoms with E-state index in [0.29, 0.717) is 17.9 Å². The van der Waals surface area contributed by atoms with E-state index in [4.69, 9.17) is 4.74 Å². The van der Waals surface area contributed by atoms with Crippen molar-refractivity contribution in [2.24, 2.45) is 11.3 Å². The first-order chi connectivity index (χ1) is 10.2. The van der Waals surface area contributed by atoms with E-state index in [1.54, 1.807) is 7.11 Å². The quantitative estimate of drug-likeness (QED) is 0.922. The maximum absolute atomic E-state index is 12.6. The van der Waals surface area contributed by atoms with Crippen molar-refractivity contribution in [2.45, 2.75) is 25.8 Å². The van der Waals surface area contributed by atoms with E-state index in [2.05, 4.69) is 5.32 Å². The average molecular weight is 288 g/mol. The van der Waals surface area contributed by atoms with Crippen molar-refractivity contribution < 1.29 is 9.53 Å². The molecule has 2 aliphatic rings.